The lowest BCUT2D eigenvalue weighted by Gasteiger charge is -2.42. The molecule has 4 rings (SSSR count). The summed E-state index contributed by atoms with van der Waals surface area (Å²) < 4.78 is 2.09. The number of benzene rings is 1. The minimum Gasteiger partial charge on any atom is -0.322 e. The molecule has 7 nitrogen and oxygen atoms in total. The summed E-state index contributed by atoms with van der Waals surface area (Å²) >= 11 is 1.38. The van der Waals surface area contributed by atoms with Gasteiger partial charge < -0.3 is 9.88 Å². The third kappa shape index (κ3) is 3.12. The second kappa shape index (κ2) is 6.67. The predicted molar refractivity (Wildman–Crippen MR) is 105 cm³/mol. The van der Waals surface area contributed by atoms with Crippen molar-refractivity contribution in [1.29, 1.82) is 0 Å². The summed E-state index contributed by atoms with van der Waals surface area (Å²) in [4.78, 5) is 27.2. The highest BCUT2D eigenvalue weighted by Crippen LogP contribution is 2.40. The van der Waals surface area contributed by atoms with Gasteiger partial charge in [-0.3, -0.25) is 14.5 Å². The second-order valence-electron chi connectivity index (χ2n) is 7.41. The third-order valence-corrected chi connectivity index (χ3v) is 6.04. The molecule has 1 N–H and O–H groups in total. The third-order valence-electron chi connectivity index (χ3n) is 5.09. The Labute approximate surface area is 162 Å². The number of aromatic nitrogens is 3. The fraction of sp³-hybridized carbons (Fsp3) is 0.474. The summed E-state index contributed by atoms with van der Waals surface area (Å²) in [6.07, 6.45) is 2.32. The molecule has 2 aromatic rings. The molecule has 2 heterocycles. The van der Waals surface area contributed by atoms with E-state index in [4.69, 9.17) is 0 Å². The van der Waals surface area contributed by atoms with Crippen LogP contribution >= 0.6 is 11.8 Å². The Bertz CT molecular complexity index is 903. The number of nitrogens with zero attached hydrogens (tertiary/aromatic N) is 4. The minimum absolute atomic E-state index is 0.120. The van der Waals surface area contributed by atoms with Gasteiger partial charge in [-0.25, -0.2) is 0 Å². The molecular formula is C19H23N5O2S. The number of rotatable bonds is 5. The van der Waals surface area contributed by atoms with Crippen molar-refractivity contribution in [3.8, 4) is 0 Å². The number of anilines is 2. The number of para-hydroxylation sites is 2. The molecule has 142 valence electrons. The number of carbonyl (C=O) groups is 2. The molecule has 1 aliphatic heterocycles. The quantitative estimate of drug-likeness (QED) is 0.800. The molecule has 27 heavy (non-hydrogen) atoms. The average molecular weight is 385 g/mol. The standard InChI is InChI=1S/C19H23N5O2S/c1-4-23-16(12-9-10-12)21-22-18(23)27-11-15(25)24-14-8-6-5-7-13(14)20-17(26)19(24,2)3/h5-8,12H,4,9-11H2,1-3H3,(H,20,26). The molecule has 0 atom stereocenters. The number of hydrogen-bond acceptors (Lipinski definition) is 5. The van der Waals surface area contributed by atoms with Crippen LogP contribution in [0.25, 0.3) is 0 Å². The maximum absolute atomic E-state index is 13.1. The number of carbonyl (C=O) groups excluding carboxylic acids is 2. The van der Waals surface area contributed by atoms with Gasteiger partial charge in [0.2, 0.25) is 11.8 Å². The lowest BCUT2D eigenvalue weighted by atomic mass is 9.96. The van der Waals surface area contributed by atoms with Gasteiger partial charge in [-0.05, 0) is 45.7 Å². The highest BCUT2D eigenvalue weighted by Gasteiger charge is 2.43. The molecule has 0 saturated heterocycles. The maximum Gasteiger partial charge on any atom is 0.250 e. The Balaban J connectivity index is 1.57. The van der Waals surface area contributed by atoms with E-state index in [1.54, 1.807) is 18.7 Å². The molecule has 8 heteroatoms. The molecule has 2 amide bonds. The van der Waals surface area contributed by atoms with E-state index in [1.807, 2.05) is 24.3 Å². The number of thioether (sulfide) groups is 1. The van der Waals surface area contributed by atoms with Crippen LogP contribution < -0.4 is 10.2 Å². The van der Waals surface area contributed by atoms with Crippen LogP contribution in [0.4, 0.5) is 11.4 Å². The first-order chi connectivity index (χ1) is 12.9. The molecule has 1 aromatic heterocycles. The summed E-state index contributed by atoms with van der Waals surface area (Å²) in [6.45, 7) is 6.38. The summed E-state index contributed by atoms with van der Waals surface area (Å²) in [5, 5.41) is 12.3. The summed E-state index contributed by atoms with van der Waals surface area (Å²) in [6, 6.07) is 7.39. The van der Waals surface area contributed by atoms with Crippen molar-refractivity contribution in [2.24, 2.45) is 0 Å². The zero-order valence-corrected chi connectivity index (χ0v) is 16.5. The summed E-state index contributed by atoms with van der Waals surface area (Å²) in [5.41, 5.74) is 0.431. The molecule has 1 saturated carbocycles. The van der Waals surface area contributed by atoms with Crippen LogP contribution in [0, 0.1) is 0 Å². The average Bonchev–Trinajstić information content (AvgIpc) is 3.40. The van der Waals surface area contributed by atoms with E-state index >= 15 is 0 Å². The molecule has 2 aliphatic rings. The fourth-order valence-corrected chi connectivity index (χ4v) is 4.30. The maximum atomic E-state index is 13.1. The van der Waals surface area contributed by atoms with E-state index in [-0.39, 0.29) is 17.6 Å². The molecule has 1 aromatic carbocycles. The van der Waals surface area contributed by atoms with Crippen LogP contribution in [0.3, 0.4) is 0 Å². The molecular weight excluding hydrogens is 362 g/mol. The predicted octanol–water partition coefficient (Wildman–Crippen LogP) is 3.03. The Morgan fingerprint density at radius 2 is 2.04 bits per heavy atom. The summed E-state index contributed by atoms with van der Waals surface area (Å²) in [5.74, 6) is 1.43. The Hall–Kier alpha value is -2.35. The van der Waals surface area contributed by atoms with Gasteiger partial charge in [-0.1, -0.05) is 23.9 Å². The molecule has 1 aliphatic carbocycles. The number of fused-ring (bicyclic) bond motifs is 1. The number of amides is 2. The first kappa shape index (κ1) is 18.0. The van der Waals surface area contributed by atoms with Crippen molar-refractivity contribution in [2.45, 2.75) is 56.8 Å². The highest BCUT2D eigenvalue weighted by molar-refractivity contribution is 7.99. The van der Waals surface area contributed by atoms with Gasteiger partial charge >= 0.3 is 0 Å². The number of hydrogen-bond donors (Lipinski definition) is 1. The number of nitrogens with one attached hydrogen (secondary N) is 1. The van der Waals surface area contributed by atoms with E-state index in [9.17, 15) is 9.59 Å². The van der Waals surface area contributed by atoms with E-state index in [0.29, 0.717) is 11.6 Å². The zero-order valence-electron chi connectivity index (χ0n) is 15.7. The molecule has 0 unspecified atom stereocenters. The van der Waals surface area contributed by atoms with Gasteiger partial charge in [0.15, 0.2) is 5.16 Å². The topological polar surface area (TPSA) is 80.1 Å². The van der Waals surface area contributed by atoms with E-state index in [0.717, 1.165) is 36.1 Å². The van der Waals surface area contributed by atoms with Gasteiger partial charge in [0.05, 0.1) is 17.1 Å². The molecule has 0 radical (unpaired) electrons. The second-order valence-corrected chi connectivity index (χ2v) is 8.35. The molecule has 1 fully saturated rings. The van der Waals surface area contributed by atoms with Crippen LogP contribution in [0.5, 0.6) is 0 Å². The SMILES string of the molecule is CCn1c(SCC(=O)N2c3ccccc3NC(=O)C2(C)C)nnc1C1CC1. The van der Waals surface area contributed by atoms with Crippen molar-refractivity contribution in [1.82, 2.24) is 14.8 Å². The van der Waals surface area contributed by atoms with Crippen molar-refractivity contribution in [3.63, 3.8) is 0 Å². The van der Waals surface area contributed by atoms with Gasteiger partial charge in [0, 0.05) is 12.5 Å². The monoisotopic (exact) mass is 385 g/mol. The highest BCUT2D eigenvalue weighted by atomic mass is 32.2. The van der Waals surface area contributed by atoms with Crippen molar-refractivity contribution < 1.29 is 9.59 Å². The lowest BCUT2D eigenvalue weighted by molar-refractivity contribution is -0.125. The van der Waals surface area contributed by atoms with Crippen LogP contribution in [0.2, 0.25) is 0 Å². The van der Waals surface area contributed by atoms with Crippen molar-refractivity contribution in [2.75, 3.05) is 16.0 Å². The normalized spacial score (nSPS) is 18.2. The fourth-order valence-electron chi connectivity index (χ4n) is 3.44. The lowest BCUT2D eigenvalue weighted by Crippen LogP contribution is -2.59. The zero-order chi connectivity index (χ0) is 19.2. The van der Waals surface area contributed by atoms with Crippen LogP contribution in [0.1, 0.15) is 45.4 Å². The van der Waals surface area contributed by atoms with Gasteiger partial charge in [0.1, 0.15) is 11.4 Å². The largest absolute Gasteiger partial charge is 0.322 e. The minimum atomic E-state index is -0.955. The first-order valence-electron chi connectivity index (χ1n) is 9.23. The van der Waals surface area contributed by atoms with Gasteiger partial charge in [-0.2, -0.15) is 0 Å². The Morgan fingerprint density at radius 1 is 1.30 bits per heavy atom. The van der Waals surface area contributed by atoms with E-state index in [2.05, 4.69) is 27.0 Å². The Morgan fingerprint density at radius 3 is 2.74 bits per heavy atom. The van der Waals surface area contributed by atoms with Crippen LogP contribution in [0.15, 0.2) is 29.4 Å². The van der Waals surface area contributed by atoms with Crippen molar-refractivity contribution >= 4 is 35.0 Å². The molecule has 0 spiro atoms. The van der Waals surface area contributed by atoms with Crippen LogP contribution in [-0.2, 0) is 16.1 Å². The van der Waals surface area contributed by atoms with Gasteiger partial charge in [0.25, 0.3) is 0 Å². The smallest absolute Gasteiger partial charge is 0.250 e. The Kier molecular flexibility index (Phi) is 4.46. The van der Waals surface area contributed by atoms with E-state index in [1.165, 1.54) is 11.8 Å². The van der Waals surface area contributed by atoms with E-state index < -0.39 is 5.54 Å². The van der Waals surface area contributed by atoms with Crippen molar-refractivity contribution in [3.05, 3.63) is 30.1 Å². The van der Waals surface area contributed by atoms with Crippen LogP contribution in [-0.4, -0.2) is 37.9 Å². The summed E-state index contributed by atoms with van der Waals surface area (Å²) in [7, 11) is 0. The molecule has 0 bridgehead atoms. The van der Waals surface area contributed by atoms with Gasteiger partial charge in [-0.15, -0.1) is 10.2 Å². The first-order valence-corrected chi connectivity index (χ1v) is 10.2.